The van der Waals surface area contributed by atoms with Crippen molar-refractivity contribution in [2.75, 3.05) is 6.54 Å². The Balaban J connectivity index is 0. The zero-order chi connectivity index (χ0) is 10.8. The Kier molecular flexibility index (Phi) is 14.8. The van der Waals surface area contributed by atoms with E-state index >= 15 is 0 Å². The molecule has 0 aromatic rings. The van der Waals surface area contributed by atoms with Gasteiger partial charge in [-0.25, -0.2) is 0 Å². The first kappa shape index (κ1) is 17.8. The maximum atomic E-state index is 10.3. The molecule has 1 unspecified atom stereocenters. The maximum Gasteiger partial charge on any atom is 1.00 e. The monoisotopic (exact) mass is 223 g/mol. The molecule has 0 saturated carbocycles. The van der Waals surface area contributed by atoms with E-state index in [4.69, 9.17) is 0 Å². The van der Waals surface area contributed by atoms with Crippen LogP contribution in [0.2, 0.25) is 0 Å². The molecular formula is C11H22NNaO2. The minimum absolute atomic E-state index is 0. The van der Waals surface area contributed by atoms with Crippen molar-refractivity contribution in [2.45, 2.75) is 58.4 Å². The number of carboxylic acid groups (broad SMARTS) is 1. The molecule has 1 atom stereocenters. The number of rotatable bonds is 9. The van der Waals surface area contributed by atoms with Crippen molar-refractivity contribution in [2.24, 2.45) is 0 Å². The molecule has 3 nitrogen and oxygen atoms in total. The zero-order valence-corrected chi connectivity index (χ0v) is 12.3. The van der Waals surface area contributed by atoms with Gasteiger partial charge in [-0.1, -0.05) is 39.0 Å². The molecule has 0 aliphatic heterocycles. The van der Waals surface area contributed by atoms with E-state index in [1.807, 2.05) is 0 Å². The van der Waals surface area contributed by atoms with Gasteiger partial charge >= 0.3 is 29.6 Å². The van der Waals surface area contributed by atoms with Crippen molar-refractivity contribution < 1.29 is 39.5 Å². The Labute approximate surface area is 115 Å². The largest absolute Gasteiger partial charge is 1.00 e. The number of hydrogen-bond donors (Lipinski definition) is 1. The molecule has 0 rings (SSSR count). The summed E-state index contributed by atoms with van der Waals surface area (Å²) < 4.78 is 0. The summed E-state index contributed by atoms with van der Waals surface area (Å²) in [6, 6.07) is -0.523. The zero-order valence-electron chi connectivity index (χ0n) is 10.3. The van der Waals surface area contributed by atoms with Crippen molar-refractivity contribution in [3.63, 3.8) is 0 Å². The quantitative estimate of drug-likeness (QED) is 0.366. The molecule has 0 bridgehead atoms. The first-order chi connectivity index (χ1) is 6.68. The van der Waals surface area contributed by atoms with Crippen molar-refractivity contribution in [3.8, 4) is 0 Å². The molecule has 0 heterocycles. The Morgan fingerprint density at radius 2 is 1.73 bits per heavy atom. The summed E-state index contributed by atoms with van der Waals surface area (Å²) in [7, 11) is 0. The van der Waals surface area contributed by atoms with Gasteiger partial charge in [0.2, 0.25) is 0 Å². The second-order valence-electron chi connectivity index (χ2n) is 3.76. The summed E-state index contributed by atoms with van der Waals surface area (Å²) in [6.07, 6.45) is 7.37. The first-order valence-electron chi connectivity index (χ1n) is 5.62. The molecule has 1 N–H and O–H groups in total. The molecule has 0 aromatic heterocycles. The van der Waals surface area contributed by atoms with E-state index in [0.29, 0.717) is 0 Å². The van der Waals surface area contributed by atoms with Gasteiger partial charge in [0.1, 0.15) is 0 Å². The average Bonchev–Trinajstić information content (AvgIpc) is 2.16. The van der Waals surface area contributed by atoms with E-state index in [1.165, 1.54) is 32.1 Å². The van der Waals surface area contributed by atoms with Gasteiger partial charge < -0.3 is 15.2 Å². The molecule has 4 heteroatoms. The van der Waals surface area contributed by atoms with Crippen LogP contribution < -0.4 is 40.0 Å². The number of nitrogens with one attached hydrogen (secondary N) is 1. The summed E-state index contributed by atoms with van der Waals surface area (Å²) in [5, 5.41) is 13.2. The minimum Gasteiger partial charge on any atom is -0.548 e. The van der Waals surface area contributed by atoms with Crippen LogP contribution in [-0.2, 0) is 4.79 Å². The van der Waals surface area contributed by atoms with Crippen LogP contribution in [0.4, 0.5) is 0 Å². The van der Waals surface area contributed by atoms with Gasteiger partial charge in [0.25, 0.3) is 0 Å². The van der Waals surface area contributed by atoms with Gasteiger partial charge in [0.05, 0.1) is 5.97 Å². The van der Waals surface area contributed by atoms with Crippen LogP contribution in [0.5, 0.6) is 0 Å². The summed E-state index contributed by atoms with van der Waals surface area (Å²) in [6.45, 7) is 4.59. The first-order valence-corrected chi connectivity index (χ1v) is 5.62. The van der Waals surface area contributed by atoms with Gasteiger partial charge in [-0.2, -0.15) is 0 Å². The van der Waals surface area contributed by atoms with Crippen LogP contribution in [0.1, 0.15) is 52.4 Å². The van der Waals surface area contributed by atoms with Crippen molar-refractivity contribution in [1.29, 1.82) is 0 Å². The number of unbranched alkanes of at least 4 members (excludes halogenated alkanes) is 5. The summed E-state index contributed by atoms with van der Waals surface area (Å²) >= 11 is 0. The average molecular weight is 223 g/mol. The van der Waals surface area contributed by atoms with E-state index in [9.17, 15) is 9.90 Å². The van der Waals surface area contributed by atoms with Crippen LogP contribution in [0.15, 0.2) is 0 Å². The smallest absolute Gasteiger partial charge is 0.548 e. The number of aliphatic carboxylic acids is 1. The topological polar surface area (TPSA) is 52.2 Å². The second kappa shape index (κ2) is 12.5. The van der Waals surface area contributed by atoms with Gasteiger partial charge in [0, 0.05) is 6.04 Å². The maximum absolute atomic E-state index is 10.3. The van der Waals surface area contributed by atoms with Gasteiger partial charge in [-0.3, -0.25) is 0 Å². The van der Waals surface area contributed by atoms with E-state index in [1.54, 1.807) is 6.92 Å². The van der Waals surface area contributed by atoms with Crippen LogP contribution in [0, 0.1) is 0 Å². The number of carbonyl (C=O) groups excluding carboxylic acids is 1. The fraction of sp³-hybridized carbons (Fsp3) is 0.909. The molecule has 0 aliphatic rings. The minimum atomic E-state index is -1.02. The molecule has 0 amide bonds. The van der Waals surface area contributed by atoms with E-state index in [0.717, 1.165) is 13.0 Å². The molecule has 0 radical (unpaired) electrons. The predicted octanol–water partition coefficient (Wildman–Crippen LogP) is -1.92. The van der Waals surface area contributed by atoms with Crippen molar-refractivity contribution >= 4 is 5.97 Å². The molecular weight excluding hydrogens is 201 g/mol. The fourth-order valence-electron chi connectivity index (χ4n) is 1.31. The Bertz CT molecular complexity index is 154. The Morgan fingerprint density at radius 1 is 1.20 bits per heavy atom. The summed E-state index contributed by atoms with van der Waals surface area (Å²) in [5.74, 6) is -1.02. The van der Waals surface area contributed by atoms with E-state index in [2.05, 4.69) is 12.2 Å². The van der Waals surface area contributed by atoms with Gasteiger partial charge in [-0.05, 0) is 19.9 Å². The Morgan fingerprint density at radius 3 is 2.27 bits per heavy atom. The van der Waals surface area contributed by atoms with E-state index < -0.39 is 12.0 Å². The predicted molar refractivity (Wildman–Crippen MR) is 55.8 cm³/mol. The van der Waals surface area contributed by atoms with Crippen LogP contribution in [0.25, 0.3) is 0 Å². The number of carbonyl (C=O) groups is 1. The van der Waals surface area contributed by atoms with E-state index in [-0.39, 0.29) is 29.6 Å². The van der Waals surface area contributed by atoms with Crippen LogP contribution in [-0.4, -0.2) is 18.6 Å². The number of hydrogen-bond acceptors (Lipinski definition) is 3. The molecule has 0 fully saturated rings. The van der Waals surface area contributed by atoms with Crippen LogP contribution in [0.3, 0.4) is 0 Å². The molecule has 0 saturated heterocycles. The van der Waals surface area contributed by atoms with Crippen molar-refractivity contribution in [3.05, 3.63) is 0 Å². The van der Waals surface area contributed by atoms with Gasteiger partial charge in [-0.15, -0.1) is 0 Å². The SMILES string of the molecule is CCCCCCCCNC(C)C(=O)[O-].[Na+]. The normalized spacial score (nSPS) is 11.9. The van der Waals surface area contributed by atoms with Gasteiger partial charge in [0.15, 0.2) is 0 Å². The summed E-state index contributed by atoms with van der Waals surface area (Å²) in [5.41, 5.74) is 0. The van der Waals surface area contributed by atoms with Crippen molar-refractivity contribution in [1.82, 2.24) is 5.32 Å². The summed E-state index contributed by atoms with van der Waals surface area (Å²) in [4.78, 5) is 10.3. The molecule has 0 aromatic carbocycles. The third-order valence-electron chi connectivity index (χ3n) is 2.33. The molecule has 0 spiro atoms. The molecule has 0 aliphatic carbocycles. The number of carboxylic acids is 1. The second-order valence-corrected chi connectivity index (χ2v) is 3.76. The third-order valence-corrected chi connectivity index (χ3v) is 2.33. The van der Waals surface area contributed by atoms with Crippen LogP contribution >= 0.6 is 0 Å². The standard InChI is InChI=1S/C11H23NO2.Na/c1-3-4-5-6-7-8-9-12-10(2)11(13)14;/h10,12H,3-9H2,1-2H3,(H,13,14);/q;+1/p-1. The fourth-order valence-corrected chi connectivity index (χ4v) is 1.31. The molecule has 84 valence electrons. The molecule has 15 heavy (non-hydrogen) atoms. The Hall–Kier alpha value is 0.430. The third kappa shape index (κ3) is 12.4.